The van der Waals surface area contributed by atoms with Gasteiger partial charge in [0.05, 0.1) is 12.6 Å². The van der Waals surface area contributed by atoms with Gasteiger partial charge in [0.15, 0.2) is 5.78 Å². The Morgan fingerprint density at radius 3 is 2.27 bits per heavy atom. The van der Waals surface area contributed by atoms with Crippen LogP contribution >= 0.6 is 0 Å². The maximum Gasteiger partial charge on any atom is 0.158 e. The second kappa shape index (κ2) is 8.65. The van der Waals surface area contributed by atoms with E-state index in [9.17, 15) is 14.6 Å². The fourth-order valence-electron chi connectivity index (χ4n) is 3.98. The van der Waals surface area contributed by atoms with Crippen molar-refractivity contribution < 1.29 is 4.79 Å². The van der Waals surface area contributed by atoms with E-state index in [-0.39, 0.29) is 30.1 Å². The SMILES string of the molecule is C=C(C)C(=C)CC(C)(CN=O)C1CCC(C)(CC(=O)C(=C)C)C(N=O)C1. The number of nitrogens with zero attached hydrogens (tertiary/aromatic N) is 2. The second-order valence-electron chi connectivity index (χ2n) is 8.63. The van der Waals surface area contributed by atoms with Crippen LogP contribution in [0.25, 0.3) is 0 Å². The monoisotopic (exact) mass is 360 g/mol. The lowest BCUT2D eigenvalue weighted by atomic mass is 9.58. The van der Waals surface area contributed by atoms with Crippen LogP contribution in [-0.4, -0.2) is 18.4 Å². The molecule has 0 aromatic heterocycles. The van der Waals surface area contributed by atoms with Crippen molar-refractivity contribution in [1.82, 2.24) is 0 Å². The van der Waals surface area contributed by atoms with E-state index in [4.69, 9.17) is 0 Å². The van der Waals surface area contributed by atoms with Gasteiger partial charge in [0, 0.05) is 11.8 Å². The van der Waals surface area contributed by atoms with Gasteiger partial charge in [0.2, 0.25) is 0 Å². The molecule has 26 heavy (non-hydrogen) atoms. The molecule has 5 heteroatoms. The van der Waals surface area contributed by atoms with Gasteiger partial charge in [-0.05, 0) is 56.4 Å². The summed E-state index contributed by atoms with van der Waals surface area (Å²) >= 11 is 0. The molecule has 1 aliphatic rings. The number of Topliss-reactive ketones (excluding diaryl/α,β-unsaturated/α-hetero) is 1. The Hall–Kier alpha value is -1.91. The molecule has 1 rings (SSSR count). The van der Waals surface area contributed by atoms with E-state index in [2.05, 4.69) is 30.1 Å². The number of rotatable bonds is 10. The molecule has 0 heterocycles. The van der Waals surface area contributed by atoms with Gasteiger partial charge in [-0.2, -0.15) is 9.81 Å². The smallest absolute Gasteiger partial charge is 0.158 e. The summed E-state index contributed by atoms with van der Waals surface area (Å²) in [5, 5.41) is 6.53. The minimum absolute atomic E-state index is 0.0208. The minimum Gasteiger partial charge on any atom is -0.295 e. The molecule has 4 atom stereocenters. The Labute approximate surface area is 157 Å². The van der Waals surface area contributed by atoms with Crippen LogP contribution in [0.1, 0.15) is 59.8 Å². The van der Waals surface area contributed by atoms with Crippen LogP contribution in [0.15, 0.2) is 46.8 Å². The zero-order chi connectivity index (χ0) is 20.1. The third-order valence-corrected chi connectivity index (χ3v) is 6.18. The first-order chi connectivity index (χ1) is 12.0. The van der Waals surface area contributed by atoms with Gasteiger partial charge in [-0.25, -0.2) is 0 Å². The maximum absolute atomic E-state index is 12.2. The molecular weight excluding hydrogens is 328 g/mol. The number of nitroso groups, excluding NO2 is 2. The average Bonchev–Trinajstić information content (AvgIpc) is 2.54. The van der Waals surface area contributed by atoms with Crippen LogP contribution in [0.5, 0.6) is 0 Å². The molecular formula is C21H32N2O3. The third kappa shape index (κ3) is 5.05. The molecule has 0 saturated heterocycles. The van der Waals surface area contributed by atoms with Crippen molar-refractivity contribution in [3.05, 3.63) is 46.3 Å². The van der Waals surface area contributed by atoms with Crippen LogP contribution in [0, 0.1) is 26.6 Å². The van der Waals surface area contributed by atoms with Gasteiger partial charge in [0.1, 0.15) is 0 Å². The van der Waals surface area contributed by atoms with Gasteiger partial charge in [-0.3, -0.25) is 4.79 Å². The number of allylic oxidation sites excluding steroid dienone is 3. The molecule has 0 aliphatic heterocycles. The molecule has 0 aromatic rings. The van der Waals surface area contributed by atoms with Crippen molar-refractivity contribution in [2.45, 2.75) is 65.8 Å². The summed E-state index contributed by atoms with van der Waals surface area (Å²) in [6.45, 7) is 19.4. The predicted molar refractivity (Wildman–Crippen MR) is 107 cm³/mol. The van der Waals surface area contributed by atoms with Crippen LogP contribution in [-0.2, 0) is 4.79 Å². The largest absolute Gasteiger partial charge is 0.295 e. The molecule has 144 valence electrons. The highest BCUT2D eigenvalue weighted by Gasteiger charge is 2.47. The van der Waals surface area contributed by atoms with Crippen molar-refractivity contribution in [3.8, 4) is 0 Å². The van der Waals surface area contributed by atoms with Crippen molar-refractivity contribution in [3.63, 3.8) is 0 Å². The first-order valence-electron chi connectivity index (χ1n) is 9.13. The number of hydrogen-bond acceptors (Lipinski definition) is 5. The molecule has 0 N–H and O–H groups in total. The minimum atomic E-state index is -0.464. The highest BCUT2D eigenvalue weighted by atomic mass is 16.3. The first-order valence-corrected chi connectivity index (χ1v) is 9.13. The molecule has 0 amide bonds. The van der Waals surface area contributed by atoms with E-state index in [0.29, 0.717) is 24.8 Å². The normalized spacial score (nSPS) is 27.8. The molecule has 0 bridgehead atoms. The molecule has 5 nitrogen and oxygen atoms in total. The van der Waals surface area contributed by atoms with Gasteiger partial charge in [-0.15, -0.1) is 0 Å². The summed E-state index contributed by atoms with van der Waals surface area (Å²) in [6.07, 6.45) is 2.99. The van der Waals surface area contributed by atoms with Crippen molar-refractivity contribution >= 4 is 5.78 Å². The Balaban J connectivity index is 3.03. The maximum atomic E-state index is 12.2. The lowest BCUT2D eigenvalue weighted by Gasteiger charge is -2.46. The number of ketones is 1. The highest BCUT2D eigenvalue weighted by Crippen LogP contribution is 2.51. The second-order valence-corrected chi connectivity index (χ2v) is 8.63. The van der Waals surface area contributed by atoms with Crippen molar-refractivity contribution in [1.29, 1.82) is 0 Å². The van der Waals surface area contributed by atoms with E-state index < -0.39 is 11.5 Å². The summed E-state index contributed by atoms with van der Waals surface area (Å²) in [5.41, 5.74) is 1.44. The standard InChI is InChI=1S/C21H32N2O3/c1-14(2)16(5)11-21(7,13-22-25)17-8-9-20(6,19(10-17)23-26)12-18(24)15(3)4/h17,19H,1,3,5,8-13H2,2,4,6-7H3. The van der Waals surface area contributed by atoms with Gasteiger partial charge in [-0.1, -0.05) is 55.1 Å². The fourth-order valence-corrected chi connectivity index (χ4v) is 3.98. The van der Waals surface area contributed by atoms with E-state index in [1.54, 1.807) is 6.92 Å². The predicted octanol–water partition coefficient (Wildman–Crippen LogP) is 5.76. The number of hydrogen-bond donors (Lipinski definition) is 0. The Morgan fingerprint density at radius 1 is 1.19 bits per heavy atom. The Kier molecular flexibility index (Phi) is 7.36. The van der Waals surface area contributed by atoms with E-state index >= 15 is 0 Å². The lowest BCUT2D eigenvalue weighted by molar-refractivity contribution is -0.118. The van der Waals surface area contributed by atoms with Crippen LogP contribution in [0.4, 0.5) is 0 Å². The van der Waals surface area contributed by atoms with E-state index in [1.807, 2.05) is 20.8 Å². The Morgan fingerprint density at radius 2 is 1.81 bits per heavy atom. The summed E-state index contributed by atoms with van der Waals surface area (Å²) in [6, 6.07) is -0.464. The zero-order valence-corrected chi connectivity index (χ0v) is 16.6. The van der Waals surface area contributed by atoms with Crippen molar-refractivity contribution in [2.24, 2.45) is 27.1 Å². The van der Waals surface area contributed by atoms with Crippen LogP contribution < -0.4 is 0 Å². The molecule has 0 radical (unpaired) electrons. The number of carbonyl (C=O) groups excluding carboxylic acids is 1. The molecule has 1 saturated carbocycles. The molecule has 0 spiro atoms. The first kappa shape index (κ1) is 22.1. The molecule has 4 unspecified atom stereocenters. The number of carbonyl (C=O) groups is 1. The Bertz CT molecular complexity index is 625. The van der Waals surface area contributed by atoms with Crippen molar-refractivity contribution in [2.75, 3.05) is 6.54 Å². The summed E-state index contributed by atoms with van der Waals surface area (Å²) in [7, 11) is 0. The topological polar surface area (TPSA) is 75.9 Å². The van der Waals surface area contributed by atoms with E-state index in [0.717, 1.165) is 17.6 Å². The zero-order valence-electron chi connectivity index (χ0n) is 16.6. The quantitative estimate of drug-likeness (QED) is 0.282. The average molecular weight is 360 g/mol. The van der Waals surface area contributed by atoms with Crippen LogP contribution in [0.2, 0.25) is 0 Å². The summed E-state index contributed by atoms with van der Waals surface area (Å²) in [4.78, 5) is 34.8. The summed E-state index contributed by atoms with van der Waals surface area (Å²) in [5.74, 6) is 0.0968. The van der Waals surface area contributed by atoms with Gasteiger partial charge < -0.3 is 0 Å². The highest BCUT2D eigenvalue weighted by molar-refractivity contribution is 5.94. The van der Waals surface area contributed by atoms with Gasteiger partial charge >= 0.3 is 0 Å². The third-order valence-electron chi connectivity index (χ3n) is 6.18. The fraction of sp³-hybridized carbons (Fsp3) is 0.667. The molecule has 1 aliphatic carbocycles. The van der Waals surface area contributed by atoms with E-state index in [1.165, 1.54) is 0 Å². The van der Waals surface area contributed by atoms with Gasteiger partial charge in [0.25, 0.3) is 0 Å². The molecule has 0 aromatic carbocycles. The lowest BCUT2D eigenvalue weighted by Crippen LogP contribution is -2.44. The summed E-state index contributed by atoms with van der Waals surface area (Å²) < 4.78 is 0. The van der Waals surface area contributed by atoms with Crippen LogP contribution in [0.3, 0.4) is 0 Å². The molecule has 1 fully saturated rings.